The molecule has 0 saturated heterocycles. The Bertz CT molecular complexity index is 524. The summed E-state index contributed by atoms with van der Waals surface area (Å²) in [5, 5.41) is 3.57. The summed E-state index contributed by atoms with van der Waals surface area (Å²) < 4.78 is 5.17. The molecule has 0 amide bonds. The molecule has 1 unspecified atom stereocenters. The lowest BCUT2D eigenvalue weighted by molar-refractivity contribution is 0.202. The van der Waals surface area contributed by atoms with Crippen molar-refractivity contribution in [1.29, 1.82) is 0 Å². The Balaban J connectivity index is 1.86. The van der Waals surface area contributed by atoms with Crippen LogP contribution in [-0.2, 0) is 11.2 Å². The number of hydrogen-bond acceptors (Lipinski definition) is 2. The van der Waals surface area contributed by atoms with E-state index in [1.165, 1.54) is 16.8 Å². The van der Waals surface area contributed by atoms with E-state index in [1.807, 2.05) is 0 Å². The second kappa shape index (κ2) is 8.48. The Labute approximate surface area is 128 Å². The molecule has 0 heterocycles. The van der Waals surface area contributed by atoms with Crippen molar-refractivity contribution in [3.8, 4) is 0 Å². The Hall–Kier alpha value is -1.80. The van der Waals surface area contributed by atoms with Gasteiger partial charge >= 0.3 is 0 Å². The summed E-state index contributed by atoms with van der Waals surface area (Å²) in [5.74, 6) is 0.574. The molecule has 21 heavy (non-hydrogen) atoms. The van der Waals surface area contributed by atoms with Crippen LogP contribution in [0, 0.1) is 0 Å². The van der Waals surface area contributed by atoms with Gasteiger partial charge in [-0.15, -0.1) is 0 Å². The molecule has 0 fully saturated rings. The minimum Gasteiger partial charge on any atom is -0.385 e. The first-order chi connectivity index (χ1) is 10.3. The van der Waals surface area contributed by atoms with Crippen molar-refractivity contribution in [3.05, 3.63) is 65.7 Å². The number of ether oxygens (including phenoxy) is 1. The maximum atomic E-state index is 5.17. The van der Waals surface area contributed by atoms with Crippen LogP contribution in [0.4, 0.5) is 5.69 Å². The highest BCUT2D eigenvalue weighted by Crippen LogP contribution is 2.20. The Kier molecular flexibility index (Phi) is 6.29. The van der Waals surface area contributed by atoms with Crippen LogP contribution in [0.5, 0.6) is 0 Å². The van der Waals surface area contributed by atoms with Crippen molar-refractivity contribution in [1.82, 2.24) is 0 Å². The topological polar surface area (TPSA) is 21.3 Å². The molecular formula is C19H25NO. The van der Waals surface area contributed by atoms with Gasteiger partial charge in [0.2, 0.25) is 0 Å². The van der Waals surface area contributed by atoms with Gasteiger partial charge in [0.15, 0.2) is 0 Å². The zero-order valence-corrected chi connectivity index (χ0v) is 13.0. The fourth-order valence-electron chi connectivity index (χ4n) is 2.49. The lowest BCUT2D eigenvalue weighted by Gasteiger charge is -2.15. The SMILES string of the molecule is COCCc1ccccc1NCCC(C)c1ccccc1. The number of para-hydroxylation sites is 1. The summed E-state index contributed by atoms with van der Waals surface area (Å²) in [6, 6.07) is 19.2. The van der Waals surface area contributed by atoms with Gasteiger partial charge in [0, 0.05) is 19.3 Å². The molecule has 0 radical (unpaired) electrons. The molecule has 0 saturated carbocycles. The van der Waals surface area contributed by atoms with E-state index >= 15 is 0 Å². The van der Waals surface area contributed by atoms with Crippen molar-refractivity contribution in [2.45, 2.75) is 25.7 Å². The molecule has 2 rings (SSSR count). The molecule has 2 nitrogen and oxygen atoms in total. The Morgan fingerprint density at radius 3 is 2.48 bits per heavy atom. The normalized spacial score (nSPS) is 12.1. The smallest absolute Gasteiger partial charge is 0.0503 e. The number of benzene rings is 2. The van der Waals surface area contributed by atoms with Crippen LogP contribution in [0.2, 0.25) is 0 Å². The van der Waals surface area contributed by atoms with Gasteiger partial charge in [-0.05, 0) is 36.0 Å². The number of methoxy groups -OCH3 is 1. The van der Waals surface area contributed by atoms with Gasteiger partial charge < -0.3 is 10.1 Å². The van der Waals surface area contributed by atoms with E-state index in [9.17, 15) is 0 Å². The van der Waals surface area contributed by atoms with E-state index in [0.29, 0.717) is 5.92 Å². The summed E-state index contributed by atoms with van der Waals surface area (Å²) in [7, 11) is 1.75. The Morgan fingerprint density at radius 2 is 1.71 bits per heavy atom. The third-order valence-electron chi connectivity index (χ3n) is 3.85. The maximum Gasteiger partial charge on any atom is 0.0503 e. The predicted molar refractivity (Wildman–Crippen MR) is 90.0 cm³/mol. The van der Waals surface area contributed by atoms with Crippen molar-refractivity contribution in [3.63, 3.8) is 0 Å². The highest BCUT2D eigenvalue weighted by molar-refractivity contribution is 5.51. The quantitative estimate of drug-likeness (QED) is 0.771. The molecule has 0 aliphatic carbocycles. The van der Waals surface area contributed by atoms with Gasteiger partial charge in [-0.3, -0.25) is 0 Å². The lowest BCUT2D eigenvalue weighted by atomic mass is 9.98. The fraction of sp³-hybridized carbons (Fsp3) is 0.368. The number of nitrogens with one attached hydrogen (secondary N) is 1. The first kappa shape index (κ1) is 15.6. The summed E-state index contributed by atoms with van der Waals surface area (Å²) in [6.45, 7) is 4.03. The molecule has 0 aliphatic rings. The summed E-state index contributed by atoms with van der Waals surface area (Å²) >= 11 is 0. The highest BCUT2D eigenvalue weighted by Gasteiger charge is 2.05. The molecule has 1 atom stereocenters. The van der Waals surface area contributed by atoms with Crippen molar-refractivity contribution < 1.29 is 4.74 Å². The van der Waals surface area contributed by atoms with Gasteiger partial charge in [-0.2, -0.15) is 0 Å². The molecule has 2 heteroatoms. The molecular weight excluding hydrogens is 258 g/mol. The third-order valence-corrected chi connectivity index (χ3v) is 3.85. The molecule has 112 valence electrons. The van der Waals surface area contributed by atoms with E-state index < -0.39 is 0 Å². The van der Waals surface area contributed by atoms with E-state index in [-0.39, 0.29) is 0 Å². The molecule has 2 aromatic rings. The average molecular weight is 283 g/mol. The largest absolute Gasteiger partial charge is 0.385 e. The van der Waals surface area contributed by atoms with Crippen LogP contribution >= 0.6 is 0 Å². The van der Waals surface area contributed by atoms with Crippen LogP contribution < -0.4 is 5.32 Å². The van der Waals surface area contributed by atoms with Crippen molar-refractivity contribution >= 4 is 5.69 Å². The number of anilines is 1. The fourth-order valence-corrected chi connectivity index (χ4v) is 2.49. The van der Waals surface area contributed by atoms with Gasteiger partial charge in [0.25, 0.3) is 0 Å². The predicted octanol–water partition coefficient (Wildman–Crippen LogP) is 4.48. The van der Waals surface area contributed by atoms with Crippen LogP contribution in [0.1, 0.15) is 30.4 Å². The van der Waals surface area contributed by atoms with Crippen LogP contribution in [0.25, 0.3) is 0 Å². The van der Waals surface area contributed by atoms with E-state index in [1.54, 1.807) is 7.11 Å². The van der Waals surface area contributed by atoms with Crippen molar-refractivity contribution in [2.75, 3.05) is 25.6 Å². The van der Waals surface area contributed by atoms with E-state index in [4.69, 9.17) is 4.74 Å². The second-order valence-corrected chi connectivity index (χ2v) is 5.43. The zero-order valence-electron chi connectivity index (χ0n) is 13.0. The second-order valence-electron chi connectivity index (χ2n) is 5.43. The summed E-state index contributed by atoms with van der Waals surface area (Å²) in [5.41, 5.74) is 3.97. The van der Waals surface area contributed by atoms with Crippen molar-refractivity contribution in [2.24, 2.45) is 0 Å². The number of hydrogen-bond donors (Lipinski definition) is 1. The van der Waals surface area contributed by atoms with E-state index in [2.05, 4.69) is 66.8 Å². The molecule has 0 aliphatic heterocycles. The first-order valence-electron chi connectivity index (χ1n) is 7.67. The molecule has 0 aromatic heterocycles. The number of rotatable bonds is 8. The van der Waals surface area contributed by atoms with Gasteiger partial charge in [0.05, 0.1) is 6.61 Å². The van der Waals surface area contributed by atoms with E-state index in [0.717, 1.165) is 26.0 Å². The van der Waals surface area contributed by atoms with Crippen LogP contribution in [-0.4, -0.2) is 20.3 Å². The molecule has 0 spiro atoms. The van der Waals surface area contributed by atoms with Gasteiger partial charge in [-0.1, -0.05) is 55.5 Å². The summed E-state index contributed by atoms with van der Waals surface area (Å²) in [6.07, 6.45) is 2.08. The van der Waals surface area contributed by atoms with Gasteiger partial charge in [-0.25, -0.2) is 0 Å². The molecule has 2 aromatic carbocycles. The monoisotopic (exact) mass is 283 g/mol. The first-order valence-corrected chi connectivity index (χ1v) is 7.67. The minimum absolute atomic E-state index is 0.574. The van der Waals surface area contributed by atoms with Crippen LogP contribution in [0.15, 0.2) is 54.6 Å². The zero-order chi connectivity index (χ0) is 14.9. The van der Waals surface area contributed by atoms with Crippen LogP contribution in [0.3, 0.4) is 0 Å². The third kappa shape index (κ3) is 4.91. The Morgan fingerprint density at radius 1 is 1.00 bits per heavy atom. The minimum atomic E-state index is 0.574. The highest BCUT2D eigenvalue weighted by atomic mass is 16.5. The maximum absolute atomic E-state index is 5.17. The molecule has 1 N–H and O–H groups in total. The lowest BCUT2D eigenvalue weighted by Crippen LogP contribution is -2.08. The summed E-state index contributed by atoms with van der Waals surface area (Å²) in [4.78, 5) is 0. The average Bonchev–Trinajstić information content (AvgIpc) is 2.54. The van der Waals surface area contributed by atoms with Gasteiger partial charge in [0.1, 0.15) is 0 Å². The standard InChI is InChI=1S/C19H25NO/c1-16(17-8-4-3-5-9-17)12-14-20-19-11-7-6-10-18(19)13-15-21-2/h3-11,16,20H,12-15H2,1-2H3. The molecule has 0 bridgehead atoms.